The lowest BCUT2D eigenvalue weighted by Crippen LogP contribution is -2.17. The summed E-state index contributed by atoms with van der Waals surface area (Å²) in [4.78, 5) is 19.0. The standard InChI is InChI=1S/C22H21FN4O/c23-16-4-3-5-18(14-16)25-19-8-11-21(24-15-19)22(28)26-17-6-9-20(10-7-17)27-12-1-2-13-27/h3-11,14-15,25H,1-2,12-13H2,(H,26,28). The molecule has 4 rings (SSSR count). The van der Waals surface area contributed by atoms with Crippen LogP contribution in [0.1, 0.15) is 23.3 Å². The van der Waals surface area contributed by atoms with E-state index in [2.05, 4.69) is 20.5 Å². The first-order valence-corrected chi connectivity index (χ1v) is 9.32. The van der Waals surface area contributed by atoms with Crippen molar-refractivity contribution < 1.29 is 9.18 Å². The van der Waals surface area contributed by atoms with Crippen molar-refractivity contribution in [3.63, 3.8) is 0 Å². The Balaban J connectivity index is 1.38. The van der Waals surface area contributed by atoms with Gasteiger partial charge < -0.3 is 15.5 Å². The van der Waals surface area contributed by atoms with Gasteiger partial charge in [-0.2, -0.15) is 0 Å². The van der Waals surface area contributed by atoms with Crippen LogP contribution in [0.2, 0.25) is 0 Å². The van der Waals surface area contributed by atoms with E-state index in [1.165, 1.54) is 30.7 Å². The topological polar surface area (TPSA) is 57.3 Å². The zero-order valence-electron chi connectivity index (χ0n) is 15.4. The van der Waals surface area contributed by atoms with E-state index in [1.54, 1.807) is 30.5 Å². The highest BCUT2D eigenvalue weighted by atomic mass is 19.1. The molecule has 0 bridgehead atoms. The van der Waals surface area contributed by atoms with Crippen molar-refractivity contribution in [2.75, 3.05) is 28.6 Å². The number of aromatic nitrogens is 1. The first-order valence-electron chi connectivity index (χ1n) is 9.32. The molecule has 6 heteroatoms. The minimum atomic E-state index is -0.315. The Bertz CT molecular complexity index is 951. The molecule has 142 valence electrons. The smallest absolute Gasteiger partial charge is 0.274 e. The van der Waals surface area contributed by atoms with Crippen molar-refractivity contribution in [1.82, 2.24) is 4.98 Å². The van der Waals surface area contributed by atoms with Crippen molar-refractivity contribution in [1.29, 1.82) is 0 Å². The molecule has 5 nitrogen and oxygen atoms in total. The van der Waals surface area contributed by atoms with E-state index in [9.17, 15) is 9.18 Å². The molecule has 3 aromatic rings. The number of carbonyl (C=O) groups is 1. The average Bonchev–Trinajstić information content (AvgIpc) is 3.24. The Morgan fingerprint density at radius 1 is 0.929 bits per heavy atom. The van der Waals surface area contributed by atoms with Crippen LogP contribution < -0.4 is 15.5 Å². The second kappa shape index (κ2) is 8.08. The number of pyridine rings is 1. The number of benzene rings is 2. The summed E-state index contributed by atoms with van der Waals surface area (Å²) in [5.41, 5.74) is 3.53. The van der Waals surface area contributed by atoms with Gasteiger partial charge in [-0.3, -0.25) is 4.79 Å². The molecule has 1 aliphatic rings. The monoisotopic (exact) mass is 376 g/mol. The fourth-order valence-corrected chi connectivity index (χ4v) is 3.26. The number of nitrogens with one attached hydrogen (secondary N) is 2. The molecule has 0 aliphatic carbocycles. The van der Waals surface area contributed by atoms with Crippen LogP contribution in [-0.4, -0.2) is 24.0 Å². The third kappa shape index (κ3) is 4.28. The van der Waals surface area contributed by atoms with Gasteiger partial charge in [-0.1, -0.05) is 6.07 Å². The highest BCUT2D eigenvalue weighted by molar-refractivity contribution is 6.03. The Labute approximate surface area is 163 Å². The molecule has 0 unspecified atom stereocenters. The predicted octanol–water partition coefficient (Wildman–Crippen LogP) is 4.82. The summed E-state index contributed by atoms with van der Waals surface area (Å²) in [6, 6.07) is 17.4. The number of amides is 1. The van der Waals surface area contributed by atoms with Crippen LogP contribution >= 0.6 is 0 Å². The molecule has 1 saturated heterocycles. The lowest BCUT2D eigenvalue weighted by Gasteiger charge is -2.17. The number of halogens is 1. The van der Waals surface area contributed by atoms with Crippen molar-refractivity contribution in [2.45, 2.75) is 12.8 Å². The summed E-state index contributed by atoms with van der Waals surface area (Å²) in [6.45, 7) is 2.18. The number of nitrogens with zero attached hydrogens (tertiary/aromatic N) is 2. The van der Waals surface area contributed by atoms with Crippen LogP contribution in [0, 0.1) is 5.82 Å². The average molecular weight is 376 g/mol. The lowest BCUT2D eigenvalue weighted by atomic mass is 10.2. The molecule has 1 fully saturated rings. The highest BCUT2D eigenvalue weighted by Crippen LogP contribution is 2.22. The molecular weight excluding hydrogens is 355 g/mol. The van der Waals surface area contributed by atoms with E-state index >= 15 is 0 Å². The van der Waals surface area contributed by atoms with E-state index in [1.807, 2.05) is 24.3 Å². The van der Waals surface area contributed by atoms with Gasteiger partial charge in [0, 0.05) is 30.2 Å². The quantitative estimate of drug-likeness (QED) is 0.670. The number of hydrogen-bond donors (Lipinski definition) is 2. The van der Waals surface area contributed by atoms with Gasteiger partial charge >= 0.3 is 0 Å². The maximum Gasteiger partial charge on any atom is 0.274 e. The van der Waals surface area contributed by atoms with Crippen LogP contribution in [-0.2, 0) is 0 Å². The van der Waals surface area contributed by atoms with E-state index in [0.29, 0.717) is 17.1 Å². The molecule has 28 heavy (non-hydrogen) atoms. The van der Waals surface area contributed by atoms with E-state index in [0.717, 1.165) is 18.8 Å². The molecule has 1 amide bonds. The second-order valence-corrected chi connectivity index (χ2v) is 6.76. The first-order chi connectivity index (χ1) is 13.7. The van der Waals surface area contributed by atoms with Gasteiger partial charge in [0.25, 0.3) is 5.91 Å². The molecule has 1 aliphatic heterocycles. The third-order valence-corrected chi connectivity index (χ3v) is 4.71. The molecular formula is C22H21FN4O. The van der Waals surface area contributed by atoms with Crippen LogP contribution in [0.5, 0.6) is 0 Å². The Hall–Kier alpha value is -3.41. The maximum absolute atomic E-state index is 13.2. The number of rotatable bonds is 5. The zero-order valence-corrected chi connectivity index (χ0v) is 15.4. The van der Waals surface area contributed by atoms with Crippen LogP contribution in [0.25, 0.3) is 0 Å². The van der Waals surface area contributed by atoms with Gasteiger partial charge in [0.1, 0.15) is 11.5 Å². The molecule has 0 radical (unpaired) electrons. The van der Waals surface area contributed by atoms with Crippen molar-refractivity contribution in [3.05, 3.63) is 78.4 Å². The summed E-state index contributed by atoms with van der Waals surface area (Å²) in [5.74, 6) is -0.587. The van der Waals surface area contributed by atoms with Gasteiger partial charge in [0.2, 0.25) is 0 Å². The van der Waals surface area contributed by atoms with Gasteiger partial charge in [0.05, 0.1) is 11.9 Å². The van der Waals surface area contributed by atoms with Crippen LogP contribution in [0.4, 0.5) is 27.1 Å². The third-order valence-electron chi connectivity index (χ3n) is 4.71. The molecule has 2 N–H and O–H groups in total. The normalized spacial score (nSPS) is 13.4. The van der Waals surface area contributed by atoms with Crippen LogP contribution in [0.15, 0.2) is 66.9 Å². The number of carbonyl (C=O) groups excluding carboxylic acids is 1. The minimum absolute atomic E-state index is 0.272. The number of hydrogen-bond acceptors (Lipinski definition) is 4. The highest BCUT2D eigenvalue weighted by Gasteiger charge is 2.13. The lowest BCUT2D eigenvalue weighted by molar-refractivity contribution is 0.102. The zero-order chi connectivity index (χ0) is 19.3. The Kier molecular flexibility index (Phi) is 5.19. The SMILES string of the molecule is O=C(Nc1ccc(N2CCCC2)cc1)c1ccc(Nc2cccc(F)c2)cn1. The summed E-state index contributed by atoms with van der Waals surface area (Å²) >= 11 is 0. The predicted molar refractivity (Wildman–Crippen MR) is 110 cm³/mol. The van der Waals surface area contributed by atoms with Crippen molar-refractivity contribution >= 4 is 28.7 Å². The van der Waals surface area contributed by atoms with Gasteiger partial charge in [-0.05, 0) is 67.4 Å². The van der Waals surface area contributed by atoms with E-state index in [-0.39, 0.29) is 11.7 Å². The minimum Gasteiger partial charge on any atom is -0.372 e. The second-order valence-electron chi connectivity index (χ2n) is 6.76. The van der Waals surface area contributed by atoms with Gasteiger partial charge in [-0.25, -0.2) is 9.37 Å². The van der Waals surface area contributed by atoms with E-state index in [4.69, 9.17) is 0 Å². The van der Waals surface area contributed by atoms with Crippen molar-refractivity contribution in [2.24, 2.45) is 0 Å². The van der Waals surface area contributed by atoms with E-state index < -0.39 is 0 Å². The summed E-state index contributed by atoms with van der Waals surface area (Å²) in [7, 11) is 0. The van der Waals surface area contributed by atoms with Gasteiger partial charge in [0.15, 0.2) is 0 Å². The molecule has 2 aromatic carbocycles. The first kappa shape index (κ1) is 18.0. The Morgan fingerprint density at radius 2 is 1.68 bits per heavy atom. The number of anilines is 4. The molecule has 0 spiro atoms. The summed E-state index contributed by atoms with van der Waals surface area (Å²) < 4.78 is 13.2. The Morgan fingerprint density at radius 3 is 2.36 bits per heavy atom. The molecule has 0 atom stereocenters. The fraction of sp³-hybridized carbons (Fsp3) is 0.182. The van der Waals surface area contributed by atoms with Crippen LogP contribution in [0.3, 0.4) is 0 Å². The van der Waals surface area contributed by atoms with Gasteiger partial charge in [-0.15, -0.1) is 0 Å². The molecule has 2 heterocycles. The largest absolute Gasteiger partial charge is 0.372 e. The summed E-state index contributed by atoms with van der Waals surface area (Å²) in [6.07, 6.45) is 4.01. The molecule has 0 saturated carbocycles. The fourth-order valence-electron chi connectivity index (χ4n) is 3.26. The molecule has 1 aromatic heterocycles. The summed E-state index contributed by atoms with van der Waals surface area (Å²) in [5, 5.41) is 5.92. The van der Waals surface area contributed by atoms with Crippen molar-refractivity contribution in [3.8, 4) is 0 Å². The maximum atomic E-state index is 13.2.